The Labute approximate surface area is 115 Å². The van der Waals surface area contributed by atoms with Crippen LogP contribution in [0.4, 0.5) is 5.69 Å². The number of carbonyl (C=O) groups is 1. The van der Waals surface area contributed by atoms with E-state index in [1.54, 1.807) is 12.1 Å². The molecule has 0 heterocycles. The molecule has 1 unspecified atom stereocenters. The predicted octanol–water partition coefficient (Wildman–Crippen LogP) is 3.29. The first-order valence-electron chi connectivity index (χ1n) is 5.51. The van der Waals surface area contributed by atoms with Gasteiger partial charge >= 0.3 is 0 Å². The lowest BCUT2D eigenvalue weighted by Gasteiger charge is -2.13. The summed E-state index contributed by atoms with van der Waals surface area (Å²) in [6.07, 6.45) is 0. The normalized spacial score (nSPS) is 12.2. The van der Waals surface area contributed by atoms with E-state index in [0.29, 0.717) is 17.3 Å². The summed E-state index contributed by atoms with van der Waals surface area (Å²) < 4.78 is 0.825. The van der Waals surface area contributed by atoms with Crippen molar-refractivity contribution >= 4 is 39.1 Å². The van der Waals surface area contributed by atoms with E-state index >= 15 is 0 Å². The minimum absolute atomic E-state index is 0.0195. The van der Waals surface area contributed by atoms with Crippen LogP contribution in [0.25, 0.3) is 0 Å². The van der Waals surface area contributed by atoms with Gasteiger partial charge in [0.25, 0.3) is 0 Å². The van der Waals surface area contributed by atoms with E-state index < -0.39 is 0 Å². The lowest BCUT2D eigenvalue weighted by Crippen LogP contribution is -2.30. The molecule has 0 aromatic heterocycles. The minimum atomic E-state index is -0.0826. The van der Waals surface area contributed by atoms with E-state index in [-0.39, 0.29) is 11.8 Å². The van der Waals surface area contributed by atoms with Crippen molar-refractivity contribution in [1.29, 1.82) is 0 Å². The summed E-state index contributed by atoms with van der Waals surface area (Å²) in [6.45, 7) is 5.42. The standard InChI is InChI=1S/C12H16BrClN2O/c1-3-15-7-8(2)12(17)16-11-6-9(14)4-5-10(11)13/h4-6,8,15H,3,7H2,1-2H3,(H,16,17). The Hall–Kier alpha value is -0.580. The molecule has 0 spiro atoms. The lowest BCUT2D eigenvalue weighted by atomic mass is 10.1. The fourth-order valence-electron chi connectivity index (χ4n) is 1.30. The third-order valence-corrected chi connectivity index (χ3v) is 3.26. The van der Waals surface area contributed by atoms with Crippen LogP contribution in [0.2, 0.25) is 5.02 Å². The molecule has 17 heavy (non-hydrogen) atoms. The first-order chi connectivity index (χ1) is 8.04. The van der Waals surface area contributed by atoms with Gasteiger partial charge in [-0.3, -0.25) is 4.79 Å². The van der Waals surface area contributed by atoms with Gasteiger partial charge in [-0.25, -0.2) is 0 Å². The number of nitrogens with one attached hydrogen (secondary N) is 2. The van der Waals surface area contributed by atoms with Gasteiger partial charge in [0.05, 0.1) is 5.69 Å². The van der Waals surface area contributed by atoms with Crippen molar-refractivity contribution in [3.8, 4) is 0 Å². The van der Waals surface area contributed by atoms with E-state index in [9.17, 15) is 4.79 Å². The van der Waals surface area contributed by atoms with Crippen LogP contribution in [0.15, 0.2) is 22.7 Å². The summed E-state index contributed by atoms with van der Waals surface area (Å²) in [6, 6.07) is 5.31. The molecular weight excluding hydrogens is 304 g/mol. The van der Waals surface area contributed by atoms with Crippen molar-refractivity contribution in [2.24, 2.45) is 5.92 Å². The molecule has 0 bridgehead atoms. The molecule has 1 rings (SSSR count). The zero-order chi connectivity index (χ0) is 12.8. The smallest absolute Gasteiger partial charge is 0.228 e. The summed E-state index contributed by atoms with van der Waals surface area (Å²) in [7, 11) is 0. The Morgan fingerprint density at radius 1 is 1.53 bits per heavy atom. The predicted molar refractivity (Wildman–Crippen MR) is 75.5 cm³/mol. The lowest BCUT2D eigenvalue weighted by molar-refractivity contribution is -0.119. The molecular formula is C12H16BrClN2O. The molecule has 0 aliphatic rings. The average molecular weight is 320 g/mol. The number of hydrogen-bond donors (Lipinski definition) is 2. The quantitative estimate of drug-likeness (QED) is 0.874. The number of anilines is 1. The molecule has 1 amide bonds. The van der Waals surface area contributed by atoms with E-state index in [2.05, 4.69) is 26.6 Å². The Morgan fingerprint density at radius 3 is 2.88 bits per heavy atom. The van der Waals surface area contributed by atoms with Crippen molar-refractivity contribution in [2.45, 2.75) is 13.8 Å². The van der Waals surface area contributed by atoms with Gasteiger partial charge in [-0.2, -0.15) is 0 Å². The van der Waals surface area contributed by atoms with Gasteiger partial charge in [0.2, 0.25) is 5.91 Å². The van der Waals surface area contributed by atoms with Gasteiger partial charge in [0, 0.05) is 22.0 Å². The molecule has 0 aliphatic carbocycles. The molecule has 0 fully saturated rings. The molecule has 2 N–H and O–H groups in total. The number of benzene rings is 1. The van der Waals surface area contributed by atoms with Crippen LogP contribution in [-0.4, -0.2) is 19.0 Å². The Bertz CT molecular complexity index is 398. The molecule has 5 heteroatoms. The van der Waals surface area contributed by atoms with Gasteiger partial charge in [-0.1, -0.05) is 25.4 Å². The van der Waals surface area contributed by atoms with Crippen molar-refractivity contribution in [1.82, 2.24) is 5.32 Å². The van der Waals surface area contributed by atoms with Crippen LogP contribution in [0.1, 0.15) is 13.8 Å². The Balaban J connectivity index is 2.64. The van der Waals surface area contributed by atoms with Gasteiger partial charge in [0.15, 0.2) is 0 Å². The molecule has 3 nitrogen and oxygen atoms in total. The molecule has 1 aromatic rings. The monoisotopic (exact) mass is 318 g/mol. The molecule has 1 atom stereocenters. The summed E-state index contributed by atoms with van der Waals surface area (Å²) in [4.78, 5) is 11.9. The van der Waals surface area contributed by atoms with Crippen LogP contribution in [0.3, 0.4) is 0 Å². The largest absolute Gasteiger partial charge is 0.325 e. The van der Waals surface area contributed by atoms with Crippen molar-refractivity contribution in [3.05, 3.63) is 27.7 Å². The molecule has 94 valence electrons. The van der Waals surface area contributed by atoms with Gasteiger partial charge < -0.3 is 10.6 Å². The topological polar surface area (TPSA) is 41.1 Å². The zero-order valence-electron chi connectivity index (χ0n) is 9.89. The van der Waals surface area contributed by atoms with Gasteiger partial charge in [-0.05, 0) is 40.7 Å². The highest BCUT2D eigenvalue weighted by Crippen LogP contribution is 2.26. The van der Waals surface area contributed by atoms with Gasteiger partial charge in [-0.15, -0.1) is 0 Å². The maximum atomic E-state index is 11.9. The van der Waals surface area contributed by atoms with E-state index in [1.807, 2.05) is 19.9 Å². The van der Waals surface area contributed by atoms with Crippen LogP contribution in [0.5, 0.6) is 0 Å². The molecule has 0 saturated heterocycles. The maximum absolute atomic E-state index is 11.9. The number of halogens is 2. The zero-order valence-corrected chi connectivity index (χ0v) is 12.2. The van der Waals surface area contributed by atoms with Crippen LogP contribution >= 0.6 is 27.5 Å². The second-order valence-corrected chi connectivity index (χ2v) is 5.11. The third kappa shape index (κ3) is 4.66. The highest BCUT2D eigenvalue weighted by Gasteiger charge is 2.13. The maximum Gasteiger partial charge on any atom is 0.228 e. The summed E-state index contributed by atoms with van der Waals surface area (Å²) in [5, 5.41) is 6.59. The van der Waals surface area contributed by atoms with Crippen LogP contribution in [-0.2, 0) is 4.79 Å². The SMILES string of the molecule is CCNCC(C)C(=O)Nc1cc(Cl)ccc1Br. The van der Waals surface area contributed by atoms with Crippen LogP contribution < -0.4 is 10.6 Å². The molecule has 1 aromatic carbocycles. The average Bonchev–Trinajstić information content (AvgIpc) is 2.30. The Morgan fingerprint density at radius 2 is 2.24 bits per heavy atom. The fraction of sp³-hybridized carbons (Fsp3) is 0.417. The first-order valence-corrected chi connectivity index (χ1v) is 6.68. The van der Waals surface area contributed by atoms with Crippen molar-refractivity contribution in [3.63, 3.8) is 0 Å². The highest BCUT2D eigenvalue weighted by molar-refractivity contribution is 9.10. The van der Waals surface area contributed by atoms with Gasteiger partial charge in [0.1, 0.15) is 0 Å². The summed E-state index contributed by atoms with van der Waals surface area (Å²) in [5.41, 5.74) is 0.700. The number of amides is 1. The minimum Gasteiger partial charge on any atom is -0.325 e. The molecule has 0 radical (unpaired) electrons. The number of rotatable bonds is 5. The first kappa shape index (κ1) is 14.5. The fourth-order valence-corrected chi connectivity index (χ4v) is 1.82. The van der Waals surface area contributed by atoms with E-state index in [4.69, 9.17) is 11.6 Å². The molecule has 0 saturated carbocycles. The summed E-state index contributed by atoms with van der Waals surface area (Å²) in [5.74, 6) is -0.102. The van der Waals surface area contributed by atoms with Crippen molar-refractivity contribution < 1.29 is 4.79 Å². The van der Waals surface area contributed by atoms with E-state index in [1.165, 1.54) is 0 Å². The molecule has 0 aliphatic heterocycles. The second kappa shape index (κ2) is 6.99. The Kier molecular flexibility index (Phi) is 5.95. The highest BCUT2D eigenvalue weighted by atomic mass is 79.9. The summed E-state index contributed by atoms with van der Waals surface area (Å²) >= 11 is 9.25. The number of carbonyl (C=O) groups excluding carboxylic acids is 1. The van der Waals surface area contributed by atoms with Crippen molar-refractivity contribution in [2.75, 3.05) is 18.4 Å². The number of hydrogen-bond acceptors (Lipinski definition) is 2. The third-order valence-electron chi connectivity index (χ3n) is 2.33. The van der Waals surface area contributed by atoms with E-state index in [0.717, 1.165) is 11.0 Å². The second-order valence-electron chi connectivity index (χ2n) is 3.82. The van der Waals surface area contributed by atoms with Crippen LogP contribution in [0, 0.1) is 5.92 Å².